The summed E-state index contributed by atoms with van der Waals surface area (Å²) >= 11 is 0. The van der Waals surface area contributed by atoms with Gasteiger partial charge in [0.1, 0.15) is 11.4 Å². The molecule has 230 valence electrons. The number of nitrogens with zero attached hydrogens (tertiary/aromatic N) is 7. The van der Waals surface area contributed by atoms with Crippen LogP contribution in [0.15, 0.2) is 17.0 Å². The number of alkyl halides is 3. The van der Waals surface area contributed by atoms with Gasteiger partial charge in [-0.3, -0.25) is 9.59 Å². The first-order valence-corrected chi connectivity index (χ1v) is 14.7. The van der Waals surface area contributed by atoms with Crippen LogP contribution in [0.4, 0.5) is 13.2 Å². The minimum absolute atomic E-state index is 0.00931. The minimum atomic E-state index is -2.76. The smallest absolute Gasteiger partial charge is 0.276 e. The van der Waals surface area contributed by atoms with Crippen LogP contribution in [-0.4, -0.2) is 75.5 Å². The zero-order valence-corrected chi connectivity index (χ0v) is 23.9. The van der Waals surface area contributed by atoms with Crippen LogP contribution in [0.5, 0.6) is 0 Å². The van der Waals surface area contributed by atoms with E-state index in [0.29, 0.717) is 24.4 Å². The third-order valence-electron chi connectivity index (χ3n) is 9.86. The SMILES string of the molecule is Cc1nonc1C(=O)N[C@H](c1cn2ncc([C@@H]3C[C@](C)(O)CCN3C(=O)C34CC(F)(C3)C4)nc2n1)C1CCC(F)(F)CC1. The van der Waals surface area contributed by atoms with E-state index in [1.165, 1.54) is 10.7 Å². The van der Waals surface area contributed by atoms with Crippen molar-refractivity contribution in [2.75, 3.05) is 6.54 Å². The predicted molar refractivity (Wildman–Crippen MR) is 141 cm³/mol. The first-order chi connectivity index (χ1) is 20.3. The van der Waals surface area contributed by atoms with Crippen LogP contribution in [0.3, 0.4) is 0 Å². The van der Waals surface area contributed by atoms with Crippen molar-refractivity contribution in [3.05, 3.63) is 35.2 Å². The number of hydrogen-bond acceptors (Lipinski definition) is 9. The Kier molecular flexibility index (Phi) is 6.18. The summed E-state index contributed by atoms with van der Waals surface area (Å²) < 4.78 is 48.4. The monoisotopic (exact) mass is 602 g/mol. The number of carbonyl (C=O) groups excluding carboxylic acids is 2. The number of fused-ring (bicyclic) bond motifs is 1. The standard InChI is InChI=1S/C28H33F3N8O4/c1-15-20(37-43-36-15)22(40)35-21(16-3-5-28(30,31)6-4-16)18-11-39-24(34-18)33-17(10-32-39)19-9-25(2,42)7-8-38(19)23(41)26-12-27(29,13-26)14-26/h10-11,16,19,21,42H,3-9,12-14H2,1-2H3,(H,35,40)/t19-,21-,25+,26?,27?/m0/s1. The molecule has 4 aliphatic carbocycles. The van der Waals surface area contributed by atoms with E-state index in [1.54, 1.807) is 24.9 Å². The molecule has 43 heavy (non-hydrogen) atoms. The lowest BCUT2D eigenvalue weighted by atomic mass is 9.41. The normalized spacial score (nSPS) is 32.6. The first-order valence-electron chi connectivity index (χ1n) is 14.7. The third-order valence-corrected chi connectivity index (χ3v) is 9.86. The molecule has 5 aliphatic rings. The highest BCUT2D eigenvalue weighted by molar-refractivity contribution is 5.93. The van der Waals surface area contributed by atoms with Crippen molar-refractivity contribution in [3.8, 4) is 0 Å². The van der Waals surface area contributed by atoms with Crippen LogP contribution in [-0.2, 0) is 4.79 Å². The molecule has 15 heteroatoms. The molecule has 5 fully saturated rings. The molecule has 0 unspecified atom stereocenters. The summed E-state index contributed by atoms with van der Waals surface area (Å²) in [6.45, 7) is 3.59. The Labute approximate surface area is 244 Å². The Bertz CT molecular complexity index is 1580. The number of carbonyl (C=O) groups is 2. The summed E-state index contributed by atoms with van der Waals surface area (Å²) in [6.07, 6.45) is 4.16. The van der Waals surface area contributed by atoms with E-state index in [2.05, 4.69) is 30.3 Å². The number of aromatic nitrogens is 6. The summed E-state index contributed by atoms with van der Waals surface area (Å²) in [4.78, 5) is 37.7. The Balaban J connectivity index is 1.19. The molecule has 3 aromatic heterocycles. The Hall–Kier alpha value is -3.62. The number of piperidine rings is 1. The van der Waals surface area contributed by atoms with Gasteiger partial charge in [-0.05, 0) is 63.4 Å². The van der Waals surface area contributed by atoms with Crippen molar-refractivity contribution in [2.45, 2.75) is 101 Å². The Morgan fingerprint density at radius 3 is 2.49 bits per heavy atom. The molecular formula is C28H33F3N8O4. The fourth-order valence-corrected chi connectivity index (χ4v) is 7.44. The highest BCUT2D eigenvalue weighted by Crippen LogP contribution is 2.70. The summed E-state index contributed by atoms with van der Waals surface area (Å²) in [5, 5.41) is 25.6. The lowest BCUT2D eigenvalue weighted by Crippen LogP contribution is -2.71. The topological polar surface area (TPSA) is 152 Å². The number of rotatable bonds is 6. The van der Waals surface area contributed by atoms with Gasteiger partial charge in [-0.25, -0.2) is 32.3 Å². The van der Waals surface area contributed by atoms with Gasteiger partial charge >= 0.3 is 0 Å². The zero-order chi connectivity index (χ0) is 30.4. The number of amides is 2. The van der Waals surface area contributed by atoms with Gasteiger partial charge in [0.25, 0.3) is 11.7 Å². The van der Waals surface area contributed by atoms with Crippen LogP contribution in [0.2, 0.25) is 0 Å². The number of imidazole rings is 1. The quantitative estimate of drug-likeness (QED) is 0.432. The molecule has 8 rings (SSSR count). The summed E-state index contributed by atoms with van der Waals surface area (Å²) in [5.41, 5.74) is -1.83. The van der Waals surface area contributed by atoms with E-state index in [4.69, 9.17) is 4.98 Å². The largest absolute Gasteiger partial charge is 0.390 e. The van der Waals surface area contributed by atoms with Gasteiger partial charge in [-0.1, -0.05) is 5.16 Å². The average molecular weight is 603 g/mol. The highest BCUT2D eigenvalue weighted by atomic mass is 19.3. The van der Waals surface area contributed by atoms with Crippen molar-refractivity contribution < 1.29 is 32.5 Å². The Morgan fingerprint density at radius 2 is 1.84 bits per heavy atom. The predicted octanol–water partition coefficient (Wildman–Crippen LogP) is 3.42. The van der Waals surface area contributed by atoms with Crippen LogP contribution < -0.4 is 5.32 Å². The van der Waals surface area contributed by atoms with Gasteiger partial charge in [0.15, 0.2) is 5.69 Å². The van der Waals surface area contributed by atoms with Crippen molar-refractivity contribution in [2.24, 2.45) is 11.3 Å². The summed E-state index contributed by atoms with van der Waals surface area (Å²) in [5.74, 6) is -3.59. The molecule has 0 spiro atoms. The zero-order valence-electron chi connectivity index (χ0n) is 23.9. The highest BCUT2D eigenvalue weighted by Gasteiger charge is 2.73. The summed E-state index contributed by atoms with van der Waals surface area (Å²) in [6, 6.07) is -1.32. The molecule has 0 radical (unpaired) electrons. The lowest BCUT2D eigenvalue weighted by Gasteiger charge is -2.65. The second-order valence-electron chi connectivity index (χ2n) is 13.4. The van der Waals surface area contributed by atoms with E-state index in [-0.39, 0.29) is 80.4 Å². The molecular weight excluding hydrogens is 569 g/mol. The molecule has 12 nitrogen and oxygen atoms in total. The lowest BCUT2D eigenvalue weighted by molar-refractivity contribution is -0.226. The molecule has 1 aliphatic heterocycles. The van der Waals surface area contributed by atoms with E-state index >= 15 is 0 Å². The summed E-state index contributed by atoms with van der Waals surface area (Å²) in [7, 11) is 0. The van der Waals surface area contributed by atoms with Gasteiger partial charge in [-0.15, -0.1) is 0 Å². The maximum absolute atomic E-state index is 14.3. The fourth-order valence-electron chi connectivity index (χ4n) is 7.44. The van der Waals surface area contributed by atoms with E-state index < -0.39 is 40.6 Å². The molecule has 4 heterocycles. The van der Waals surface area contributed by atoms with E-state index in [9.17, 15) is 27.9 Å². The van der Waals surface area contributed by atoms with Crippen molar-refractivity contribution in [1.29, 1.82) is 0 Å². The second-order valence-corrected chi connectivity index (χ2v) is 13.4. The molecule has 2 N–H and O–H groups in total. The van der Waals surface area contributed by atoms with E-state index in [1.807, 2.05) is 0 Å². The second kappa shape index (κ2) is 9.44. The minimum Gasteiger partial charge on any atom is -0.390 e. The van der Waals surface area contributed by atoms with Crippen LogP contribution in [0.1, 0.15) is 104 Å². The maximum Gasteiger partial charge on any atom is 0.276 e. The van der Waals surface area contributed by atoms with E-state index in [0.717, 1.165) is 0 Å². The number of aryl methyl sites for hydroxylation is 1. The van der Waals surface area contributed by atoms with Crippen LogP contribution in [0, 0.1) is 18.3 Å². The van der Waals surface area contributed by atoms with Crippen LogP contribution >= 0.6 is 0 Å². The number of halogens is 3. The van der Waals surface area contributed by atoms with Gasteiger partial charge in [0, 0.05) is 25.8 Å². The van der Waals surface area contributed by atoms with Crippen molar-refractivity contribution >= 4 is 17.6 Å². The van der Waals surface area contributed by atoms with Gasteiger partial charge in [0.2, 0.25) is 11.8 Å². The fraction of sp³-hybridized carbons (Fsp3) is 0.679. The molecule has 0 aromatic carbocycles. The van der Waals surface area contributed by atoms with Crippen molar-refractivity contribution in [1.82, 2.24) is 40.1 Å². The maximum atomic E-state index is 14.3. The third kappa shape index (κ3) is 4.85. The molecule has 3 aromatic rings. The van der Waals surface area contributed by atoms with Gasteiger partial charge in [-0.2, -0.15) is 5.10 Å². The molecule has 2 amide bonds. The number of aliphatic hydroxyl groups is 1. The van der Waals surface area contributed by atoms with Gasteiger partial charge < -0.3 is 15.3 Å². The molecule has 2 bridgehead atoms. The average Bonchev–Trinajstić information content (AvgIpc) is 3.54. The first kappa shape index (κ1) is 28.2. The Morgan fingerprint density at radius 1 is 1.12 bits per heavy atom. The molecule has 3 atom stereocenters. The van der Waals surface area contributed by atoms with Crippen molar-refractivity contribution in [3.63, 3.8) is 0 Å². The number of nitrogens with one attached hydrogen (secondary N) is 1. The molecule has 4 saturated carbocycles. The number of likely N-dealkylation sites (tertiary alicyclic amines) is 1. The number of hydrogen-bond donors (Lipinski definition) is 2. The van der Waals surface area contributed by atoms with Crippen LogP contribution in [0.25, 0.3) is 5.78 Å². The van der Waals surface area contributed by atoms with Gasteiger partial charge in [0.05, 0.1) is 46.9 Å². The molecule has 1 saturated heterocycles.